The van der Waals surface area contributed by atoms with E-state index < -0.39 is 29.6 Å². The zero-order valence-electron chi connectivity index (χ0n) is 20.6. The summed E-state index contributed by atoms with van der Waals surface area (Å²) in [5.41, 5.74) is 2.14. The van der Waals surface area contributed by atoms with E-state index in [-0.39, 0.29) is 23.5 Å². The first-order valence-electron chi connectivity index (χ1n) is 12.0. The second kappa shape index (κ2) is 10.5. The molecule has 9 nitrogen and oxygen atoms in total. The number of carboxylic acids is 1. The number of aromatic nitrogens is 1. The summed E-state index contributed by atoms with van der Waals surface area (Å²) in [7, 11) is 0. The number of nitrogens with one attached hydrogen (secondary N) is 2. The Hall–Kier alpha value is -4.76. The smallest absolute Gasteiger partial charge is 0.344 e. The number of amides is 1. The van der Waals surface area contributed by atoms with Crippen molar-refractivity contribution in [1.29, 1.82) is 0 Å². The van der Waals surface area contributed by atoms with Gasteiger partial charge in [-0.25, -0.2) is 9.59 Å². The number of fused-ring (bicyclic) bond motifs is 2. The first kappa shape index (κ1) is 25.9. The molecule has 0 saturated carbocycles. The molecule has 39 heavy (non-hydrogen) atoms. The molecule has 10 heteroatoms. The molecule has 2 aromatic heterocycles. The van der Waals surface area contributed by atoms with Gasteiger partial charge in [0.2, 0.25) is 0 Å². The number of carbonyl (C=O) groups is 2. The van der Waals surface area contributed by atoms with Crippen LogP contribution >= 0.6 is 11.6 Å². The van der Waals surface area contributed by atoms with Crippen LogP contribution in [-0.2, 0) is 16.0 Å². The average molecular weight is 547 g/mol. The van der Waals surface area contributed by atoms with Gasteiger partial charge in [0.15, 0.2) is 6.10 Å². The van der Waals surface area contributed by atoms with Gasteiger partial charge in [0.05, 0.1) is 5.56 Å². The Morgan fingerprint density at radius 3 is 2.59 bits per heavy atom. The molecule has 0 spiro atoms. The van der Waals surface area contributed by atoms with Gasteiger partial charge < -0.3 is 29.7 Å². The number of aromatic amines is 1. The Balaban J connectivity index is 1.29. The summed E-state index contributed by atoms with van der Waals surface area (Å²) in [5.74, 6) is -1.53. The molecule has 1 amide bonds. The Morgan fingerprint density at radius 1 is 1.08 bits per heavy atom. The molecule has 3 aromatic carbocycles. The monoisotopic (exact) mass is 546 g/mol. The van der Waals surface area contributed by atoms with Gasteiger partial charge in [0.25, 0.3) is 5.91 Å². The van der Waals surface area contributed by atoms with Crippen molar-refractivity contribution in [3.8, 4) is 22.6 Å². The number of carboxylic acid groups (broad SMARTS) is 1. The summed E-state index contributed by atoms with van der Waals surface area (Å²) < 4.78 is 11.2. The highest BCUT2D eigenvalue weighted by Crippen LogP contribution is 2.26. The number of halogens is 1. The fourth-order valence-corrected chi connectivity index (χ4v) is 4.42. The molecule has 4 N–H and O–H groups in total. The third kappa shape index (κ3) is 5.58. The Morgan fingerprint density at radius 2 is 1.85 bits per heavy atom. The van der Waals surface area contributed by atoms with Crippen LogP contribution in [0.4, 0.5) is 0 Å². The van der Waals surface area contributed by atoms with Crippen LogP contribution in [0.2, 0.25) is 5.02 Å². The third-order valence-electron chi connectivity index (χ3n) is 6.33. The average Bonchev–Trinajstić information content (AvgIpc) is 3.29. The van der Waals surface area contributed by atoms with Gasteiger partial charge in [0.1, 0.15) is 23.1 Å². The lowest BCUT2D eigenvalue weighted by atomic mass is 10.0. The highest BCUT2D eigenvalue weighted by molar-refractivity contribution is 6.30. The number of rotatable bonds is 8. The summed E-state index contributed by atoms with van der Waals surface area (Å²) in [4.78, 5) is 40.4. The lowest BCUT2D eigenvalue weighted by Crippen LogP contribution is -2.47. The number of phenols is 1. The lowest BCUT2D eigenvalue weighted by Gasteiger charge is -2.19. The maximum absolute atomic E-state index is 12.8. The highest BCUT2D eigenvalue weighted by Gasteiger charge is 2.25. The summed E-state index contributed by atoms with van der Waals surface area (Å²) in [6.45, 7) is 1.49. The van der Waals surface area contributed by atoms with Gasteiger partial charge >= 0.3 is 11.6 Å². The number of benzene rings is 3. The van der Waals surface area contributed by atoms with Crippen molar-refractivity contribution in [1.82, 2.24) is 10.3 Å². The van der Waals surface area contributed by atoms with E-state index in [2.05, 4.69) is 10.3 Å². The number of H-pyrrole nitrogens is 1. The minimum absolute atomic E-state index is 0.00562. The van der Waals surface area contributed by atoms with Crippen LogP contribution in [0, 0.1) is 0 Å². The summed E-state index contributed by atoms with van der Waals surface area (Å²) in [5, 5.41) is 23.9. The highest BCUT2D eigenvalue weighted by atomic mass is 35.5. The number of hydrogen-bond acceptors (Lipinski definition) is 6. The Bertz CT molecular complexity index is 1760. The van der Waals surface area contributed by atoms with Crippen LogP contribution in [0.25, 0.3) is 33.0 Å². The van der Waals surface area contributed by atoms with E-state index in [4.69, 9.17) is 20.8 Å². The van der Waals surface area contributed by atoms with Gasteiger partial charge in [-0.1, -0.05) is 23.7 Å². The van der Waals surface area contributed by atoms with E-state index in [1.165, 1.54) is 25.1 Å². The van der Waals surface area contributed by atoms with Crippen LogP contribution in [0.1, 0.15) is 12.5 Å². The zero-order chi connectivity index (χ0) is 27.7. The quantitative estimate of drug-likeness (QED) is 0.203. The van der Waals surface area contributed by atoms with Crippen molar-refractivity contribution in [2.75, 3.05) is 0 Å². The summed E-state index contributed by atoms with van der Waals surface area (Å²) >= 11 is 5.93. The van der Waals surface area contributed by atoms with Gasteiger partial charge in [-0.2, -0.15) is 0 Å². The van der Waals surface area contributed by atoms with Crippen molar-refractivity contribution in [2.45, 2.75) is 25.5 Å². The van der Waals surface area contributed by atoms with Crippen LogP contribution < -0.4 is 15.7 Å². The molecule has 0 radical (unpaired) electrons. The predicted octanol–water partition coefficient (Wildman–Crippen LogP) is 4.88. The molecule has 0 aliphatic carbocycles. The van der Waals surface area contributed by atoms with Crippen LogP contribution in [0.5, 0.6) is 11.5 Å². The number of ether oxygens (including phenoxy) is 1. The molecule has 0 unspecified atom stereocenters. The molecular formula is C29H23ClN2O7. The van der Waals surface area contributed by atoms with E-state index in [0.717, 1.165) is 5.52 Å². The molecule has 0 saturated heterocycles. The second-order valence-electron chi connectivity index (χ2n) is 9.06. The van der Waals surface area contributed by atoms with Crippen molar-refractivity contribution >= 4 is 45.3 Å². The van der Waals surface area contributed by atoms with E-state index in [1.54, 1.807) is 54.7 Å². The van der Waals surface area contributed by atoms with E-state index in [9.17, 15) is 24.6 Å². The van der Waals surface area contributed by atoms with E-state index in [0.29, 0.717) is 32.5 Å². The van der Waals surface area contributed by atoms with Gasteiger partial charge in [-0.15, -0.1) is 0 Å². The Kier molecular flexibility index (Phi) is 7.00. The molecule has 0 bridgehead atoms. The first-order valence-corrected chi connectivity index (χ1v) is 12.4. The summed E-state index contributed by atoms with van der Waals surface area (Å²) in [6.07, 6.45) is 0.596. The van der Waals surface area contributed by atoms with Crippen LogP contribution in [0.3, 0.4) is 0 Å². The van der Waals surface area contributed by atoms with Crippen molar-refractivity contribution in [3.63, 3.8) is 0 Å². The van der Waals surface area contributed by atoms with Crippen LogP contribution in [-0.4, -0.2) is 39.2 Å². The van der Waals surface area contributed by atoms with Crippen molar-refractivity contribution in [3.05, 3.63) is 93.9 Å². The van der Waals surface area contributed by atoms with E-state index >= 15 is 0 Å². The van der Waals surface area contributed by atoms with Crippen molar-refractivity contribution in [2.24, 2.45) is 0 Å². The van der Waals surface area contributed by atoms with Gasteiger partial charge in [0, 0.05) is 40.0 Å². The fraction of sp³-hybridized carbons (Fsp3) is 0.138. The predicted molar refractivity (Wildman–Crippen MR) is 146 cm³/mol. The molecule has 0 fully saturated rings. The molecule has 0 aliphatic rings. The zero-order valence-corrected chi connectivity index (χ0v) is 21.4. The van der Waals surface area contributed by atoms with Gasteiger partial charge in [-0.3, -0.25) is 4.79 Å². The van der Waals surface area contributed by atoms with Crippen molar-refractivity contribution < 1.29 is 29.0 Å². The maximum atomic E-state index is 12.8. The maximum Gasteiger partial charge on any atom is 0.344 e. The molecule has 5 rings (SSSR count). The molecule has 2 atom stereocenters. The second-order valence-corrected chi connectivity index (χ2v) is 9.50. The SMILES string of the molecule is C[C@@H](Oc1ccc2cc(-c3ccc(Cl)cc3)c(=O)oc2c1)C(=O)N[C@H](Cc1c[nH]c2ccc(O)cc12)C(=O)O. The Labute approximate surface area is 226 Å². The minimum atomic E-state index is -1.23. The molecule has 0 aliphatic heterocycles. The number of phenolic OH excluding ortho intramolecular Hbond substituents is 1. The molecular weight excluding hydrogens is 524 g/mol. The molecule has 5 aromatic rings. The number of aromatic hydroxyl groups is 1. The minimum Gasteiger partial charge on any atom is -0.508 e. The third-order valence-corrected chi connectivity index (χ3v) is 6.59. The van der Waals surface area contributed by atoms with Gasteiger partial charge in [-0.05, 0) is 66.6 Å². The topological polar surface area (TPSA) is 142 Å². The standard InChI is InChI=1S/C29H23ClN2O7/c1-15(27(34)32-25(28(35)36)11-18-14-31-24-9-7-20(33)12-22(18)24)38-21-8-4-17-10-23(29(37)39-26(17)13-21)16-2-5-19(30)6-3-16/h2-10,12-15,25,31,33H,11H2,1H3,(H,32,34)(H,35,36)/t15-,25-/m1/s1. The van der Waals surface area contributed by atoms with Crippen LogP contribution in [0.15, 0.2) is 82.1 Å². The summed E-state index contributed by atoms with van der Waals surface area (Å²) in [6, 6.07) is 16.9. The number of hydrogen-bond donors (Lipinski definition) is 4. The lowest BCUT2D eigenvalue weighted by molar-refractivity contribution is -0.142. The first-order chi connectivity index (χ1) is 18.7. The van der Waals surface area contributed by atoms with E-state index in [1.807, 2.05) is 0 Å². The normalized spacial score (nSPS) is 12.8. The number of aliphatic carboxylic acids is 1. The number of carbonyl (C=O) groups excluding carboxylic acids is 1. The fourth-order valence-electron chi connectivity index (χ4n) is 4.30. The largest absolute Gasteiger partial charge is 0.508 e. The molecule has 198 valence electrons. The molecule has 2 heterocycles.